The second kappa shape index (κ2) is 6.04. The van der Waals surface area contributed by atoms with E-state index in [1.807, 2.05) is 0 Å². The van der Waals surface area contributed by atoms with Crippen LogP contribution < -0.4 is 5.32 Å². The molecule has 2 aromatic rings. The van der Waals surface area contributed by atoms with Gasteiger partial charge < -0.3 is 14.5 Å². The summed E-state index contributed by atoms with van der Waals surface area (Å²) in [4.78, 5) is 21.6. The summed E-state index contributed by atoms with van der Waals surface area (Å²) >= 11 is 0. The Hall–Kier alpha value is -2.90. The number of benzene rings is 1. The number of halogens is 1. The largest absolute Gasteiger partial charge is 0.467 e. The van der Waals surface area contributed by atoms with E-state index in [1.165, 1.54) is 6.26 Å². The molecule has 1 heterocycles. The second-order valence-corrected chi connectivity index (χ2v) is 4.03. The molecule has 0 saturated carbocycles. The summed E-state index contributed by atoms with van der Waals surface area (Å²) in [6.45, 7) is 0.153. The van der Waals surface area contributed by atoms with E-state index >= 15 is 0 Å². The molecule has 7 nitrogen and oxygen atoms in total. The van der Waals surface area contributed by atoms with Crippen molar-refractivity contribution < 1.29 is 23.3 Å². The summed E-state index contributed by atoms with van der Waals surface area (Å²) in [6.07, 6.45) is 1.45. The van der Waals surface area contributed by atoms with Crippen molar-refractivity contribution >= 4 is 17.3 Å². The molecular weight excluding hydrogens is 283 g/mol. The van der Waals surface area contributed by atoms with Crippen molar-refractivity contribution in [3.63, 3.8) is 0 Å². The first-order valence-corrected chi connectivity index (χ1v) is 5.85. The molecule has 0 saturated heterocycles. The van der Waals surface area contributed by atoms with Crippen LogP contribution in [0.5, 0.6) is 0 Å². The van der Waals surface area contributed by atoms with Crippen molar-refractivity contribution in [2.45, 2.75) is 6.54 Å². The predicted molar refractivity (Wildman–Crippen MR) is 70.4 cm³/mol. The lowest BCUT2D eigenvalue weighted by Crippen LogP contribution is -2.09. The van der Waals surface area contributed by atoms with Crippen LogP contribution in [0.1, 0.15) is 16.1 Å². The lowest BCUT2D eigenvalue weighted by Gasteiger charge is -2.08. The summed E-state index contributed by atoms with van der Waals surface area (Å²) in [5, 5.41) is 13.7. The highest BCUT2D eigenvalue weighted by Crippen LogP contribution is 2.28. The van der Waals surface area contributed by atoms with Gasteiger partial charge in [-0.3, -0.25) is 10.1 Å². The number of esters is 1. The minimum Gasteiger partial charge on any atom is -0.467 e. The van der Waals surface area contributed by atoms with E-state index in [1.54, 1.807) is 12.1 Å². The maximum Gasteiger partial charge on any atom is 0.340 e. The number of hydrogen-bond donors (Lipinski definition) is 1. The smallest absolute Gasteiger partial charge is 0.340 e. The number of nitro groups is 1. The SMILES string of the molecule is COC(=O)c1cc(NCc2ccco2)c([N+](=O)[O-])cc1F. The van der Waals surface area contributed by atoms with Crippen LogP contribution in [-0.4, -0.2) is 18.0 Å². The van der Waals surface area contributed by atoms with Crippen molar-refractivity contribution in [3.05, 3.63) is 57.8 Å². The number of nitrogens with one attached hydrogen (secondary N) is 1. The Morgan fingerprint density at radius 2 is 2.29 bits per heavy atom. The molecule has 2 rings (SSSR count). The molecule has 0 bridgehead atoms. The van der Waals surface area contributed by atoms with E-state index < -0.39 is 22.4 Å². The van der Waals surface area contributed by atoms with Crippen LogP contribution in [-0.2, 0) is 11.3 Å². The number of rotatable bonds is 5. The Morgan fingerprint density at radius 1 is 1.52 bits per heavy atom. The zero-order valence-corrected chi connectivity index (χ0v) is 11.0. The van der Waals surface area contributed by atoms with Crippen LogP contribution in [0.4, 0.5) is 15.8 Å². The molecule has 1 aromatic heterocycles. The van der Waals surface area contributed by atoms with Gasteiger partial charge in [0.1, 0.15) is 17.3 Å². The van der Waals surface area contributed by atoms with Crippen molar-refractivity contribution in [3.8, 4) is 0 Å². The average Bonchev–Trinajstić information content (AvgIpc) is 2.98. The Balaban J connectivity index is 2.35. The Morgan fingerprint density at radius 3 is 2.86 bits per heavy atom. The van der Waals surface area contributed by atoms with Crippen LogP contribution in [0, 0.1) is 15.9 Å². The van der Waals surface area contributed by atoms with Crippen LogP contribution >= 0.6 is 0 Å². The molecule has 8 heteroatoms. The summed E-state index contributed by atoms with van der Waals surface area (Å²) < 4.78 is 23.2. The van der Waals surface area contributed by atoms with Crippen LogP contribution in [0.15, 0.2) is 34.9 Å². The number of ether oxygens (including phenoxy) is 1. The number of methoxy groups -OCH3 is 1. The molecule has 0 aliphatic rings. The zero-order valence-electron chi connectivity index (χ0n) is 11.0. The molecule has 0 unspecified atom stereocenters. The Kier molecular flexibility index (Phi) is 4.17. The predicted octanol–water partition coefficient (Wildman–Crippen LogP) is 2.73. The van der Waals surface area contributed by atoms with Gasteiger partial charge >= 0.3 is 5.97 Å². The van der Waals surface area contributed by atoms with E-state index in [-0.39, 0.29) is 17.8 Å². The molecule has 1 N–H and O–H groups in total. The van der Waals surface area contributed by atoms with Gasteiger partial charge in [0.05, 0.1) is 36.5 Å². The van der Waals surface area contributed by atoms with Crippen LogP contribution in [0.2, 0.25) is 0 Å². The van der Waals surface area contributed by atoms with E-state index in [2.05, 4.69) is 10.1 Å². The molecule has 21 heavy (non-hydrogen) atoms. The first-order chi connectivity index (χ1) is 10.0. The average molecular weight is 294 g/mol. The normalized spacial score (nSPS) is 10.2. The maximum atomic E-state index is 13.7. The van der Waals surface area contributed by atoms with Gasteiger partial charge in [0.2, 0.25) is 0 Å². The van der Waals surface area contributed by atoms with E-state index in [0.717, 1.165) is 13.2 Å². The molecular formula is C13H11FN2O5. The van der Waals surface area contributed by atoms with Gasteiger partial charge in [-0.2, -0.15) is 0 Å². The summed E-state index contributed by atoms with van der Waals surface area (Å²) in [5.74, 6) is -1.39. The molecule has 0 aliphatic carbocycles. The number of carbonyl (C=O) groups is 1. The van der Waals surface area contributed by atoms with Crippen molar-refractivity contribution in [1.29, 1.82) is 0 Å². The van der Waals surface area contributed by atoms with Crippen LogP contribution in [0.25, 0.3) is 0 Å². The topological polar surface area (TPSA) is 94.6 Å². The molecule has 110 valence electrons. The number of carbonyl (C=O) groups excluding carboxylic acids is 1. The van der Waals surface area contributed by atoms with Gasteiger partial charge in [-0.25, -0.2) is 9.18 Å². The lowest BCUT2D eigenvalue weighted by molar-refractivity contribution is -0.384. The van der Waals surface area contributed by atoms with Gasteiger partial charge in [-0.05, 0) is 18.2 Å². The minimum absolute atomic E-state index is 0.00167. The quantitative estimate of drug-likeness (QED) is 0.517. The first kappa shape index (κ1) is 14.5. The minimum atomic E-state index is -1.02. The highest BCUT2D eigenvalue weighted by atomic mass is 19.1. The number of anilines is 1. The van der Waals surface area contributed by atoms with Crippen molar-refractivity contribution in [2.24, 2.45) is 0 Å². The standard InChI is InChI=1S/C13H11FN2O5/c1-20-13(17)9-5-11(12(16(18)19)6-10(9)14)15-7-8-3-2-4-21-8/h2-6,15H,7H2,1H3. The molecule has 0 amide bonds. The maximum absolute atomic E-state index is 13.7. The van der Waals surface area contributed by atoms with Gasteiger partial charge in [-0.15, -0.1) is 0 Å². The summed E-state index contributed by atoms with van der Waals surface area (Å²) in [7, 11) is 1.10. The van der Waals surface area contributed by atoms with E-state index in [4.69, 9.17) is 4.42 Å². The molecule has 1 aromatic carbocycles. The Bertz CT molecular complexity index is 669. The monoisotopic (exact) mass is 294 g/mol. The molecule has 0 fully saturated rings. The first-order valence-electron chi connectivity index (χ1n) is 5.85. The van der Waals surface area contributed by atoms with Crippen molar-refractivity contribution in [2.75, 3.05) is 12.4 Å². The number of nitro benzene ring substituents is 1. The second-order valence-electron chi connectivity index (χ2n) is 4.03. The lowest BCUT2D eigenvalue weighted by atomic mass is 10.1. The third-order valence-electron chi connectivity index (χ3n) is 2.72. The van der Waals surface area contributed by atoms with Gasteiger partial charge in [0, 0.05) is 0 Å². The van der Waals surface area contributed by atoms with Gasteiger partial charge in [0.15, 0.2) is 0 Å². The van der Waals surface area contributed by atoms with E-state index in [0.29, 0.717) is 11.8 Å². The number of hydrogen-bond acceptors (Lipinski definition) is 6. The highest BCUT2D eigenvalue weighted by Gasteiger charge is 2.22. The number of nitrogens with zero attached hydrogens (tertiary/aromatic N) is 1. The fourth-order valence-electron chi connectivity index (χ4n) is 1.72. The fourth-order valence-corrected chi connectivity index (χ4v) is 1.72. The summed E-state index contributed by atoms with van der Waals surface area (Å²) in [6, 6.07) is 5.05. The third-order valence-corrected chi connectivity index (χ3v) is 2.72. The van der Waals surface area contributed by atoms with Gasteiger partial charge in [0.25, 0.3) is 5.69 Å². The van der Waals surface area contributed by atoms with Gasteiger partial charge in [-0.1, -0.05) is 0 Å². The fraction of sp³-hybridized carbons (Fsp3) is 0.154. The molecule has 0 spiro atoms. The van der Waals surface area contributed by atoms with E-state index in [9.17, 15) is 19.3 Å². The third kappa shape index (κ3) is 3.16. The Labute approximate surface area is 118 Å². The highest BCUT2D eigenvalue weighted by molar-refractivity contribution is 5.91. The number of furan rings is 1. The van der Waals surface area contributed by atoms with Crippen LogP contribution in [0.3, 0.4) is 0 Å². The molecule has 0 atom stereocenters. The van der Waals surface area contributed by atoms with Crippen molar-refractivity contribution in [1.82, 2.24) is 0 Å². The molecule has 0 radical (unpaired) electrons. The summed E-state index contributed by atoms with van der Waals surface area (Å²) in [5.41, 5.74) is -0.866. The zero-order chi connectivity index (χ0) is 15.4. The molecule has 0 aliphatic heterocycles.